The summed E-state index contributed by atoms with van der Waals surface area (Å²) in [5.74, 6) is 2.27. The van der Waals surface area contributed by atoms with Gasteiger partial charge in [0.2, 0.25) is 0 Å². The van der Waals surface area contributed by atoms with Crippen molar-refractivity contribution in [3.05, 3.63) is 23.8 Å². The first-order valence-electron chi connectivity index (χ1n) is 7.78. The van der Waals surface area contributed by atoms with Crippen molar-refractivity contribution < 1.29 is 14.2 Å². The van der Waals surface area contributed by atoms with Crippen LogP contribution >= 0.6 is 0 Å². The molecule has 0 aromatic heterocycles. The van der Waals surface area contributed by atoms with E-state index in [2.05, 4.69) is 26.1 Å². The summed E-state index contributed by atoms with van der Waals surface area (Å²) in [6.45, 7) is 9.81. The van der Waals surface area contributed by atoms with Gasteiger partial charge in [-0.1, -0.05) is 26.8 Å². The summed E-state index contributed by atoms with van der Waals surface area (Å²) in [6, 6.07) is 6.00. The summed E-state index contributed by atoms with van der Waals surface area (Å²) >= 11 is 0. The smallest absolute Gasteiger partial charge is 0.127 e. The van der Waals surface area contributed by atoms with Crippen molar-refractivity contribution in [1.29, 1.82) is 0 Å². The van der Waals surface area contributed by atoms with E-state index < -0.39 is 0 Å². The minimum absolute atomic E-state index is 0.552. The zero-order chi connectivity index (χ0) is 15.5. The molecule has 120 valence electrons. The van der Waals surface area contributed by atoms with Crippen LogP contribution in [0.25, 0.3) is 0 Å². The van der Waals surface area contributed by atoms with E-state index in [4.69, 9.17) is 14.2 Å². The van der Waals surface area contributed by atoms with E-state index in [-0.39, 0.29) is 0 Å². The van der Waals surface area contributed by atoms with Crippen LogP contribution in [-0.4, -0.2) is 33.5 Å². The molecule has 0 aliphatic carbocycles. The molecule has 0 fully saturated rings. The molecule has 0 bridgehead atoms. The third-order valence-electron chi connectivity index (χ3n) is 2.82. The van der Waals surface area contributed by atoms with Crippen LogP contribution in [-0.2, 0) is 11.3 Å². The summed E-state index contributed by atoms with van der Waals surface area (Å²) in [4.78, 5) is 0. The van der Waals surface area contributed by atoms with Gasteiger partial charge in [0, 0.05) is 24.8 Å². The van der Waals surface area contributed by atoms with Crippen molar-refractivity contribution in [2.45, 2.75) is 33.7 Å². The van der Waals surface area contributed by atoms with Gasteiger partial charge in [0.15, 0.2) is 0 Å². The molecule has 0 aliphatic rings. The SMILES string of the molecule is CCCOc1ccc(CNC)c(OCCOCC(C)C)c1. The van der Waals surface area contributed by atoms with Crippen LogP contribution in [0.1, 0.15) is 32.8 Å². The highest BCUT2D eigenvalue weighted by Gasteiger charge is 2.06. The lowest BCUT2D eigenvalue weighted by Crippen LogP contribution is -2.12. The molecule has 0 atom stereocenters. The number of rotatable bonds is 11. The van der Waals surface area contributed by atoms with Crippen molar-refractivity contribution in [2.75, 3.05) is 33.5 Å². The summed E-state index contributed by atoms with van der Waals surface area (Å²) in [5.41, 5.74) is 1.13. The molecular weight excluding hydrogens is 266 g/mol. The Bertz CT molecular complexity index is 394. The molecule has 21 heavy (non-hydrogen) atoms. The van der Waals surface area contributed by atoms with Gasteiger partial charge in [-0.05, 0) is 25.5 Å². The lowest BCUT2D eigenvalue weighted by Gasteiger charge is -2.14. The molecule has 4 nitrogen and oxygen atoms in total. The van der Waals surface area contributed by atoms with E-state index in [1.165, 1.54) is 0 Å². The topological polar surface area (TPSA) is 39.7 Å². The average molecular weight is 295 g/mol. The summed E-state index contributed by atoms with van der Waals surface area (Å²) in [6.07, 6.45) is 0.998. The standard InChI is InChI=1S/C17H29NO3/c1-5-8-20-16-7-6-15(12-18-4)17(11-16)21-10-9-19-13-14(2)3/h6-7,11,14,18H,5,8-10,12-13H2,1-4H3. The highest BCUT2D eigenvalue weighted by Crippen LogP contribution is 2.25. The van der Waals surface area contributed by atoms with Crippen LogP contribution in [0.5, 0.6) is 11.5 Å². The lowest BCUT2D eigenvalue weighted by atomic mass is 10.2. The number of benzene rings is 1. The predicted molar refractivity (Wildman–Crippen MR) is 86.1 cm³/mol. The van der Waals surface area contributed by atoms with Gasteiger partial charge in [0.25, 0.3) is 0 Å². The molecule has 1 rings (SSSR count). The van der Waals surface area contributed by atoms with E-state index in [0.717, 1.165) is 43.2 Å². The summed E-state index contributed by atoms with van der Waals surface area (Å²) < 4.78 is 17.0. The van der Waals surface area contributed by atoms with E-state index in [9.17, 15) is 0 Å². The maximum absolute atomic E-state index is 5.85. The minimum Gasteiger partial charge on any atom is -0.493 e. The van der Waals surface area contributed by atoms with Crippen LogP contribution in [0.3, 0.4) is 0 Å². The van der Waals surface area contributed by atoms with Crippen LogP contribution in [0, 0.1) is 5.92 Å². The quantitative estimate of drug-likeness (QED) is 0.636. The second-order valence-electron chi connectivity index (χ2n) is 5.47. The van der Waals surface area contributed by atoms with Gasteiger partial charge in [-0.2, -0.15) is 0 Å². The molecule has 0 aliphatic heterocycles. The molecule has 0 radical (unpaired) electrons. The van der Waals surface area contributed by atoms with E-state index in [1.807, 2.05) is 25.2 Å². The first kappa shape index (κ1) is 17.8. The third-order valence-corrected chi connectivity index (χ3v) is 2.82. The van der Waals surface area contributed by atoms with Crippen molar-refractivity contribution in [3.8, 4) is 11.5 Å². The first-order chi connectivity index (χ1) is 10.2. The molecule has 1 N–H and O–H groups in total. The molecule has 0 heterocycles. The maximum Gasteiger partial charge on any atom is 0.127 e. The Kier molecular flexibility index (Phi) is 8.87. The van der Waals surface area contributed by atoms with Crippen LogP contribution in [0.4, 0.5) is 0 Å². The number of hydrogen-bond acceptors (Lipinski definition) is 4. The minimum atomic E-state index is 0.552. The zero-order valence-electron chi connectivity index (χ0n) is 13.8. The Balaban J connectivity index is 2.54. The largest absolute Gasteiger partial charge is 0.493 e. The van der Waals surface area contributed by atoms with Crippen LogP contribution < -0.4 is 14.8 Å². The zero-order valence-corrected chi connectivity index (χ0v) is 13.8. The average Bonchev–Trinajstić information content (AvgIpc) is 2.46. The van der Waals surface area contributed by atoms with Gasteiger partial charge in [-0.25, -0.2) is 0 Å². The summed E-state index contributed by atoms with van der Waals surface area (Å²) in [5, 5.41) is 3.15. The molecule has 1 aromatic rings. The molecule has 0 amide bonds. The van der Waals surface area contributed by atoms with Gasteiger partial charge in [-0.3, -0.25) is 0 Å². The fourth-order valence-electron chi connectivity index (χ4n) is 1.85. The van der Waals surface area contributed by atoms with Crippen molar-refractivity contribution in [1.82, 2.24) is 5.32 Å². The first-order valence-corrected chi connectivity index (χ1v) is 7.78. The molecular formula is C17H29NO3. The van der Waals surface area contributed by atoms with E-state index in [0.29, 0.717) is 19.1 Å². The second kappa shape index (κ2) is 10.5. The van der Waals surface area contributed by atoms with Gasteiger partial charge >= 0.3 is 0 Å². The Hall–Kier alpha value is -1.26. The fourth-order valence-corrected chi connectivity index (χ4v) is 1.85. The van der Waals surface area contributed by atoms with Gasteiger partial charge in [0.1, 0.15) is 18.1 Å². The maximum atomic E-state index is 5.85. The van der Waals surface area contributed by atoms with Crippen molar-refractivity contribution in [3.63, 3.8) is 0 Å². The normalized spacial score (nSPS) is 10.9. The monoisotopic (exact) mass is 295 g/mol. The molecule has 0 saturated carbocycles. The van der Waals surface area contributed by atoms with E-state index in [1.54, 1.807) is 0 Å². The molecule has 4 heteroatoms. The second-order valence-corrected chi connectivity index (χ2v) is 5.47. The Morgan fingerprint density at radius 3 is 2.57 bits per heavy atom. The van der Waals surface area contributed by atoms with Crippen molar-refractivity contribution >= 4 is 0 Å². The lowest BCUT2D eigenvalue weighted by molar-refractivity contribution is 0.0815. The number of ether oxygens (including phenoxy) is 3. The highest BCUT2D eigenvalue weighted by atomic mass is 16.5. The van der Waals surface area contributed by atoms with Gasteiger partial charge in [-0.15, -0.1) is 0 Å². The molecule has 0 unspecified atom stereocenters. The van der Waals surface area contributed by atoms with Crippen LogP contribution in [0.2, 0.25) is 0 Å². The van der Waals surface area contributed by atoms with Gasteiger partial charge in [0.05, 0.1) is 13.2 Å². The number of nitrogens with one attached hydrogen (secondary N) is 1. The predicted octanol–water partition coefficient (Wildman–Crippen LogP) is 3.25. The fraction of sp³-hybridized carbons (Fsp3) is 0.647. The van der Waals surface area contributed by atoms with Crippen LogP contribution in [0.15, 0.2) is 18.2 Å². The molecule has 0 spiro atoms. The Labute approximate surface area is 128 Å². The van der Waals surface area contributed by atoms with Gasteiger partial charge < -0.3 is 19.5 Å². The third kappa shape index (κ3) is 7.34. The Morgan fingerprint density at radius 1 is 1.10 bits per heavy atom. The van der Waals surface area contributed by atoms with E-state index >= 15 is 0 Å². The number of hydrogen-bond donors (Lipinski definition) is 1. The molecule has 0 saturated heterocycles. The highest BCUT2D eigenvalue weighted by molar-refractivity contribution is 5.40. The van der Waals surface area contributed by atoms with Crippen molar-refractivity contribution in [2.24, 2.45) is 5.92 Å². The molecule has 1 aromatic carbocycles. The Morgan fingerprint density at radius 2 is 1.90 bits per heavy atom. The summed E-state index contributed by atoms with van der Waals surface area (Å²) in [7, 11) is 1.93.